The predicted molar refractivity (Wildman–Crippen MR) is 129 cm³/mol. The summed E-state index contributed by atoms with van der Waals surface area (Å²) in [4.78, 5) is 28.5. The molecule has 4 rings (SSSR count). The smallest absolute Gasteiger partial charge is 0.228 e. The van der Waals surface area contributed by atoms with Gasteiger partial charge in [0.05, 0.1) is 11.6 Å². The van der Waals surface area contributed by atoms with Crippen molar-refractivity contribution in [2.75, 3.05) is 18.4 Å². The van der Waals surface area contributed by atoms with E-state index in [0.717, 1.165) is 25.9 Å². The van der Waals surface area contributed by atoms with Gasteiger partial charge in [-0.2, -0.15) is 0 Å². The Balaban J connectivity index is 1.48. The molecule has 0 radical (unpaired) electrons. The second-order valence-corrected chi connectivity index (χ2v) is 8.81. The molecular formula is C27H27ClN2O2. The Hall–Kier alpha value is -2.95. The molecule has 0 saturated carbocycles. The molecule has 1 aliphatic heterocycles. The zero-order valence-electron chi connectivity index (χ0n) is 18.2. The number of halogens is 1. The van der Waals surface area contributed by atoms with Crippen LogP contribution in [0.3, 0.4) is 0 Å². The summed E-state index contributed by atoms with van der Waals surface area (Å²) in [6, 6.07) is 22.4. The highest BCUT2D eigenvalue weighted by molar-refractivity contribution is 6.31. The SMILES string of the molecule is Cc1ccccc1CN1CCCC(C(=O)Nc2ccc(Cl)cc2C(=O)c2ccccc2)C1. The highest BCUT2D eigenvalue weighted by atomic mass is 35.5. The number of benzene rings is 3. The number of aryl methyl sites for hydroxylation is 1. The quantitative estimate of drug-likeness (QED) is 0.492. The Kier molecular flexibility index (Phi) is 7.03. The number of likely N-dealkylation sites (tertiary alicyclic amines) is 1. The number of hydrogen-bond donors (Lipinski definition) is 1. The van der Waals surface area contributed by atoms with Crippen molar-refractivity contribution in [3.8, 4) is 0 Å². The highest BCUT2D eigenvalue weighted by Gasteiger charge is 2.27. The maximum absolute atomic E-state index is 13.1. The van der Waals surface area contributed by atoms with Gasteiger partial charge in [-0.15, -0.1) is 0 Å². The molecule has 1 atom stereocenters. The Morgan fingerprint density at radius 1 is 1.03 bits per heavy atom. The fourth-order valence-corrected chi connectivity index (χ4v) is 4.41. The molecule has 3 aromatic rings. The average molecular weight is 447 g/mol. The molecule has 1 N–H and O–H groups in total. The van der Waals surface area contributed by atoms with Gasteiger partial charge in [-0.1, -0.05) is 66.2 Å². The van der Waals surface area contributed by atoms with Crippen LogP contribution in [0.25, 0.3) is 0 Å². The molecule has 0 bridgehead atoms. The number of anilines is 1. The highest BCUT2D eigenvalue weighted by Crippen LogP contribution is 2.26. The summed E-state index contributed by atoms with van der Waals surface area (Å²) in [7, 11) is 0. The zero-order chi connectivity index (χ0) is 22.5. The summed E-state index contributed by atoms with van der Waals surface area (Å²) >= 11 is 6.17. The maximum Gasteiger partial charge on any atom is 0.228 e. The largest absolute Gasteiger partial charge is 0.325 e. The third-order valence-corrected chi connectivity index (χ3v) is 6.29. The predicted octanol–water partition coefficient (Wildman–Crippen LogP) is 5.73. The lowest BCUT2D eigenvalue weighted by Gasteiger charge is -2.32. The molecular weight excluding hydrogens is 420 g/mol. The molecule has 0 aliphatic carbocycles. The molecule has 0 aromatic heterocycles. The van der Waals surface area contributed by atoms with E-state index in [1.54, 1.807) is 30.3 Å². The number of ketones is 1. The van der Waals surface area contributed by atoms with Gasteiger partial charge in [0.1, 0.15) is 0 Å². The average Bonchev–Trinajstić information content (AvgIpc) is 2.82. The van der Waals surface area contributed by atoms with E-state index < -0.39 is 0 Å². The van der Waals surface area contributed by atoms with Gasteiger partial charge in [-0.25, -0.2) is 0 Å². The van der Waals surface area contributed by atoms with Crippen molar-refractivity contribution in [2.45, 2.75) is 26.3 Å². The molecule has 1 unspecified atom stereocenters. The van der Waals surface area contributed by atoms with E-state index in [4.69, 9.17) is 11.6 Å². The van der Waals surface area contributed by atoms with Crippen LogP contribution < -0.4 is 5.32 Å². The van der Waals surface area contributed by atoms with Crippen molar-refractivity contribution < 1.29 is 9.59 Å². The molecule has 5 heteroatoms. The lowest BCUT2D eigenvalue weighted by Crippen LogP contribution is -2.40. The Bertz CT molecular complexity index is 1110. The third kappa shape index (κ3) is 5.26. The number of nitrogens with one attached hydrogen (secondary N) is 1. The van der Waals surface area contributed by atoms with Gasteiger partial charge >= 0.3 is 0 Å². The fourth-order valence-electron chi connectivity index (χ4n) is 4.23. The summed E-state index contributed by atoms with van der Waals surface area (Å²) < 4.78 is 0. The van der Waals surface area contributed by atoms with E-state index >= 15 is 0 Å². The number of carbonyl (C=O) groups is 2. The topological polar surface area (TPSA) is 49.4 Å². The summed E-state index contributed by atoms with van der Waals surface area (Å²) in [6.45, 7) is 4.65. The Morgan fingerprint density at radius 2 is 1.78 bits per heavy atom. The first-order valence-electron chi connectivity index (χ1n) is 11.0. The lowest BCUT2D eigenvalue weighted by molar-refractivity contribution is -0.121. The van der Waals surface area contributed by atoms with Crippen LogP contribution in [-0.2, 0) is 11.3 Å². The van der Waals surface area contributed by atoms with Gasteiger partial charge in [0.25, 0.3) is 0 Å². The van der Waals surface area contributed by atoms with Crippen LogP contribution in [0.1, 0.15) is 39.9 Å². The van der Waals surface area contributed by atoms with Crippen LogP contribution in [0.5, 0.6) is 0 Å². The van der Waals surface area contributed by atoms with Crippen LogP contribution in [-0.4, -0.2) is 29.7 Å². The van der Waals surface area contributed by atoms with Crippen molar-refractivity contribution in [3.05, 3.63) is 100 Å². The van der Waals surface area contributed by atoms with Crippen LogP contribution in [0.4, 0.5) is 5.69 Å². The molecule has 0 spiro atoms. The molecule has 32 heavy (non-hydrogen) atoms. The zero-order valence-corrected chi connectivity index (χ0v) is 18.9. The summed E-state index contributed by atoms with van der Waals surface area (Å²) in [6.07, 6.45) is 1.81. The number of piperidine rings is 1. The van der Waals surface area contributed by atoms with Gasteiger partial charge in [0, 0.05) is 29.2 Å². The molecule has 1 heterocycles. The number of amides is 1. The van der Waals surface area contributed by atoms with E-state index in [1.807, 2.05) is 24.3 Å². The number of nitrogens with zero attached hydrogens (tertiary/aromatic N) is 1. The van der Waals surface area contributed by atoms with Crippen molar-refractivity contribution >= 4 is 29.0 Å². The molecule has 4 nitrogen and oxygen atoms in total. The minimum atomic E-state index is -0.159. The van der Waals surface area contributed by atoms with Crippen LogP contribution in [0.2, 0.25) is 5.02 Å². The van der Waals surface area contributed by atoms with E-state index in [2.05, 4.69) is 35.3 Å². The normalized spacial score (nSPS) is 16.5. The third-order valence-electron chi connectivity index (χ3n) is 6.05. The van der Waals surface area contributed by atoms with Crippen LogP contribution in [0.15, 0.2) is 72.8 Å². The number of hydrogen-bond acceptors (Lipinski definition) is 3. The molecule has 164 valence electrons. The van der Waals surface area contributed by atoms with E-state index in [0.29, 0.717) is 28.4 Å². The van der Waals surface area contributed by atoms with Gasteiger partial charge < -0.3 is 5.32 Å². The Labute approximate surface area is 194 Å². The van der Waals surface area contributed by atoms with Gasteiger partial charge in [-0.05, 0) is 55.6 Å². The van der Waals surface area contributed by atoms with E-state index in [9.17, 15) is 9.59 Å². The molecule has 1 aliphatic rings. The van der Waals surface area contributed by atoms with Crippen molar-refractivity contribution in [1.82, 2.24) is 4.90 Å². The summed E-state index contributed by atoms with van der Waals surface area (Å²) in [5, 5.41) is 3.47. The Morgan fingerprint density at radius 3 is 2.56 bits per heavy atom. The minimum absolute atomic E-state index is 0.0519. The number of rotatable bonds is 6. The molecule has 1 fully saturated rings. The van der Waals surface area contributed by atoms with E-state index in [-0.39, 0.29) is 17.6 Å². The minimum Gasteiger partial charge on any atom is -0.325 e. The maximum atomic E-state index is 13.1. The van der Waals surface area contributed by atoms with E-state index in [1.165, 1.54) is 11.1 Å². The first-order valence-corrected chi connectivity index (χ1v) is 11.4. The number of carbonyl (C=O) groups excluding carboxylic acids is 2. The molecule has 1 amide bonds. The van der Waals surface area contributed by atoms with Gasteiger partial charge in [0.2, 0.25) is 5.91 Å². The van der Waals surface area contributed by atoms with Crippen molar-refractivity contribution in [2.24, 2.45) is 5.92 Å². The fraction of sp³-hybridized carbons (Fsp3) is 0.259. The lowest BCUT2D eigenvalue weighted by atomic mass is 9.95. The van der Waals surface area contributed by atoms with Crippen molar-refractivity contribution in [1.29, 1.82) is 0 Å². The second kappa shape index (κ2) is 10.1. The van der Waals surface area contributed by atoms with Gasteiger partial charge in [0.15, 0.2) is 5.78 Å². The van der Waals surface area contributed by atoms with Gasteiger partial charge in [-0.3, -0.25) is 14.5 Å². The first-order chi connectivity index (χ1) is 15.5. The second-order valence-electron chi connectivity index (χ2n) is 8.38. The monoisotopic (exact) mass is 446 g/mol. The summed E-state index contributed by atoms with van der Waals surface area (Å²) in [5.74, 6) is -0.333. The first kappa shape index (κ1) is 22.3. The van der Waals surface area contributed by atoms with Crippen molar-refractivity contribution in [3.63, 3.8) is 0 Å². The molecule has 1 saturated heterocycles. The standard InChI is InChI=1S/C27H27ClN2O2/c1-19-8-5-6-11-21(19)17-30-15-7-12-22(18-30)27(32)29-25-14-13-23(28)16-24(25)26(31)20-9-3-2-4-10-20/h2-6,8-11,13-14,16,22H,7,12,15,17-18H2,1H3,(H,29,32). The molecule has 3 aromatic carbocycles. The summed E-state index contributed by atoms with van der Waals surface area (Å²) in [5.41, 5.74) is 4.03. The van der Waals surface area contributed by atoms with Crippen LogP contribution >= 0.6 is 11.6 Å². The van der Waals surface area contributed by atoms with Crippen LogP contribution in [0, 0.1) is 12.8 Å².